The van der Waals surface area contributed by atoms with Crippen molar-refractivity contribution >= 4 is 17.3 Å². The molecule has 0 saturated carbocycles. The summed E-state index contributed by atoms with van der Waals surface area (Å²) in [4.78, 5) is 18.5. The molecule has 0 unspecified atom stereocenters. The zero-order valence-corrected chi connectivity index (χ0v) is 13.0. The summed E-state index contributed by atoms with van der Waals surface area (Å²) in [6.45, 7) is 1.84. The average Bonchev–Trinajstić information content (AvgIpc) is 2.52. The molecule has 0 atom stereocenters. The lowest BCUT2D eigenvalue weighted by molar-refractivity contribution is 0.102. The second-order valence-corrected chi connectivity index (χ2v) is 5.33. The van der Waals surface area contributed by atoms with Gasteiger partial charge in [0.1, 0.15) is 0 Å². The van der Waals surface area contributed by atoms with E-state index in [-0.39, 0.29) is 5.91 Å². The van der Waals surface area contributed by atoms with Crippen molar-refractivity contribution < 1.29 is 4.79 Å². The van der Waals surface area contributed by atoms with Crippen LogP contribution in [0.3, 0.4) is 0 Å². The molecule has 0 fully saturated rings. The van der Waals surface area contributed by atoms with E-state index in [2.05, 4.69) is 34.6 Å². The second-order valence-electron chi connectivity index (χ2n) is 5.33. The highest BCUT2D eigenvalue weighted by atomic mass is 16.1. The Labute approximate surface area is 131 Å². The second kappa shape index (κ2) is 8.14. The fourth-order valence-corrected chi connectivity index (χ4v) is 2.09. The number of nitrogens with one attached hydrogen (secondary N) is 2. The number of amides is 1. The number of aromatic nitrogens is 1. The molecule has 2 aromatic rings. The van der Waals surface area contributed by atoms with E-state index < -0.39 is 0 Å². The largest absolute Gasteiger partial charge is 0.384 e. The van der Waals surface area contributed by atoms with Gasteiger partial charge in [0, 0.05) is 18.4 Å². The lowest BCUT2D eigenvalue weighted by Crippen LogP contribution is -2.18. The Kier molecular flexibility index (Phi) is 5.91. The number of rotatable bonds is 7. The number of pyridine rings is 1. The number of hydrogen-bond donors (Lipinski definition) is 2. The Morgan fingerprint density at radius 2 is 2.00 bits per heavy atom. The molecule has 5 heteroatoms. The van der Waals surface area contributed by atoms with Crippen molar-refractivity contribution in [1.29, 1.82) is 0 Å². The van der Waals surface area contributed by atoms with Crippen molar-refractivity contribution in [3.05, 3.63) is 54.4 Å². The van der Waals surface area contributed by atoms with Crippen LogP contribution in [0.5, 0.6) is 0 Å². The minimum atomic E-state index is -0.135. The number of anilines is 2. The van der Waals surface area contributed by atoms with Gasteiger partial charge in [-0.1, -0.05) is 12.1 Å². The molecule has 5 nitrogen and oxygen atoms in total. The summed E-state index contributed by atoms with van der Waals surface area (Å²) in [5.74, 6) is -0.135. The zero-order valence-electron chi connectivity index (χ0n) is 13.0. The Bertz CT molecular complexity index is 599. The minimum absolute atomic E-state index is 0.135. The molecule has 1 aromatic carbocycles. The first-order valence-electron chi connectivity index (χ1n) is 7.36. The first-order chi connectivity index (χ1) is 10.7. The molecule has 0 aliphatic carbocycles. The van der Waals surface area contributed by atoms with Gasteiger partial charge in [0.25, 0.3) is 5.91 Å². The van der Waals surface area contributed by atoms with Crippen LogP contribution in [0.15, 0.2) is 48.8 Å². The van der Waals surface area contributed by atoms with Crippen LogP contribution in [0, 0.1) is 0 Å². The maximum atomic E-state index is 12.4. The minimum Gasteiger partial charge on any atom is -0.384 e. The summed E-state index contributed by atoms with van der Waals surface area (Å²) in [6, 6.07) is 11.1. The van der Waals surface area contributed by atoms with Crippen LogP contribution in [0.1, 0.15) is 16.8 Å². The molecule has 0 aliphatic rings. The average molecular weight is 298 g/mol. The third kappa shape index (κ3) is 4.86. The smallest absolute Gasteiger partial charge is 0.257 e. The zero-order chi connectivity index (χ0) is 15.8. The molecule has 0 saturated heterocycles. The summed E-state index contributed by atoms with van der Waals surface area (Å²) in [5.41, 5.74) is 2.17. The van der Waals surface area contributed by atoms with Crippen molar-refractivity contribution in [2.75, 3.05) is 37.8 Å². The quantitative estimate of drug-likeness (QED) is 0.772. The van der Waals surface area contributed by atoms with E-state index >= 15 is 0 Å². The van der Waals surface area contributed by atoms with Crippen LogP contribution >= 0.6 is 0 Å². The monoisotopic (exact) mass is 298 g/mol. The predicted octanol–water partition coefficient (Wildman–Crippen LogP) is 2.70. The summed E-state index contributed by atoms with van der Waals surface area (Å²) < 4.78 is 0. The van der Waals surface area contributed by atoms with E-state index in [1.807, 2.05) is 30.3 Å². The summed E-state index contributed by atoms with van der Waals surface area (Å²) in [6.07, 6.45) is 4.33. The molecule has 1 aromatic heterocycles. The molecule has 1 heterocycles. The standard InChI is InChI=1S/C17H22N4O/c1-21(2)12-6-11-19-16-9-4-3-8-15(16)17(22)20-14-7-5-10-18-13-14/h3-5,7-10,13,19H,6,11-12H2,1-2H3,(H,20,22). The number of carbonyl (C=O) groups excluding carboxylic acids is 1. The van der Waals surface area contributed by atoms with Crippen molar-refractivity contribution in [3.63, 3.8) is 0 Å². The summed E-state index contributed by atoms with van der Waals surface area (Å²) in [5, 5.41) is 6.19. The topological polar surface area (TPSA) is 57.3 Å². The normalized spacial score (nSPS) is 10.5. The molecule has 0 aliphatic heterocycles. The van der Waals surface area contributed by atoms with Crippen molar-refractivity contribution in [3.8, 4) is 0 Å². The van der Waals surface area contributed by atoms with Crippen LogP contribution in [0.2, 0.25) is 0 Å². The van der Waals surface area contributed by atoms with Crippen molar-refractivity contribution in [2.45, 2.75) is 6.42 Å². The molecule has 0 bridgehead atoms. The van der Waals surface area contributed by atoms with E-state index in [0.717, 1.165) is 25.2 Å². The Hall–Kier alpha value is -2.40. The SMILES string of the molecule is CN(C)CCCNc1ccccc1C(=O)Nc1cccnc1. The lowest BCUT2D eigenvalue weighted by atomic mass is 10.1. The maximum absolute atomic E-state index is 12.4. The van der Waals surface area contributed by atoms with Gasteiger partial charge < -0.3 is 15.5 Å². The Morgan fingerprint density at radius 3 is 2.73 bits per heavy atom. The third-order valence-electron chi connectivity index (χ3n) is 3.19. The highest BCUT2D eigenvalue weighted by Gasteiger charge is 2.10. The van der Waals surface area contributed by atoms with Gasteiger partial charge in [-0.3, -0.25) is 9.78 Å². The molecular formula is C17H22N4O. The van der Waals surface area contributed by atoms with Crippen molar-refractivity contribution in [2.24, 2.45) is 0 Å². The van der Waals surface area contributed by atoms with Crippen LogP contribution in [0.4, 0.5) is 11.4 Å². The first-order valence-corrected chi connectivity index (χ1v) is 7.36. The molecular weight excluding hydrogens is 276 g/mol. The molecule has 2 N–H and O–H groups in total. The lowest BCUT2D eigenvalue weighted by Gasteiger charge is -2.13. The van der Waals surface area contributed by atoms with E-state index in [1.165, 1.54) is 0 Å². The highest BCUT2D eigenvalue weighted by molar-refractivity contribution is 6.07. The third-order valence-corrected chi connectivity index (χ3v) is 3.19. The molecule has 0 spiro atoms. The van der Waals surface area contributed by atoms with E-state index in [1.54, 1.807) is 18.5 Å². The van der Waals surface area contributed by atoms with E-state index in [4.69, 9.17) is 0 Å². The van der Waals surface area contributed by atoms with Gasteiger partial charge in [0.15, 0.2) is 0 Å². The first kappa shape index (κ1) is 16.0. The van der Waals surface area contributed by atoms with Gasteiger partial charge >= 0.3 is 0 Å². The van der Waals surface area contributed by atoms with Gasteiger partial charge in [-0.25, -0.2) is 0 Å². The fourth-order valence-electron chi connectivity index (χ4n) is 2.09. The number of benzene rings is 1. The van der Waals surface area contributed by atoms with Crippen molar-refractivity contribution in [1.82, 2.24) is 9.88 Å². The fraction of sp³-hybridized carbons (Fsp3) is 0.294. The van der Waals surface area contributed by atoms with Crippen LogP contribution in [0.25, 0.3) is 0 Å². The van der Waals surface area contributed by atoms with Gasteiger partial charge in [-0.15, -0.1) is 0 Å². The highest BCUT2D eigenvalue weighted by Crippen LogP contribution is 2.17. The van der Waals surface area contributed by atoms with E-state index in [0.29, 0.717) is 11.3 Å². The Morgan fingerprint density at radius 1 is 1.18 bits per heavy atom. The van der Waals surface area contributed by atoms with Gasteiger partial charge in [0.2, 0.25) is 0 Å². The van der Waals surface area contributed by atoms with E-state index in [9.17, 15) is 4.79 Å². The molecule has 22 heavy (non-hydrogen) atoms. The van der Waals surface area contributed by atoms with Crippen LogP contribution in [-0.4, -0.2) is 43.0 Å². The number of nitrogens with zero attached hydrogens (tertiary/aromatic N) is 2. The maximum Gasteiger partial charge on any atom is 0.257 e. The molecule has 116 valence electrons. The van der Waals surface area contributed by atoms with Gasteiger partial charge in [-0.05, 0) is 51.3 Å². The molecule has 1 amide bonds. The number of para-hydroxylation sites is 1. The Balaban J connectivity index is 1.99. The summed E-state index contributed by atoms with van der Waals surface area (Å²) >= 11 is 0. The number of hydrogen-bond acceptors (Lipinski definition) is 4. The van der Waals surface area contributed by atoms with Gasteiger partial charge in [-0.2, -0.15) is 0 Å². The number of carbonyl (C=O) groups is 1. The van der Waals surface area contributed by atoms with Crippen LogP contribution in [-0.2, 0) is 0 Å². The van der Waals surface area contributed by atoms with Crippen LogP contribution < -0.4 is 10.6 Å². The molecule has 0 radical (unpaired) electrons. The predicted molar refractivity (Wildman–Crippen MR) is 90.3 cm³/mol. The van der Waals surface area contributed by atoms with Gasteiger partial charge in [0.05, 0.1) is 17.4 Å². The summed E-state index contributed by atoms with van der Waals surface area (Å²) in [7, 11) is 4.10. The molecule has 2 rings (SSSR count).